The van der Waals surface area contributed by atoms with Gasteiger partial charge in [0.25, 0.3) is 0 Å². The van der Waals surface area contributed by atoms with Crippen LogP contribution in [0.3, 0.4) is 0 Å². The average molecular weight is 292 g/mol. The Balaban J connectivity index is 3.23. The number of carbonyl (C=O) groups excluding carboxylic acids is 1. The van der Waals surface area contributed by atoms with Crippen LogP contribution in [0.15, 0.2) is 18.2 Å². The SMILES string of the molecule is COC(=O)[C@@H](C)Oc1cc(C(C)(C)C)cc(C(C)(C)C)c1. The topological polar surface area (TPSA) is 35.5 Å². The molecule has 0 saturated carbocycles. The summed E-state index contributed by atoms with van der Waals surface area (Å²) in [4.78, 5) is 11.5. The number of carbonyl (C=O) groups is 1. The molecular weight excluding hydrogens is 264 g/mol. The van der Waals surface area contributed by atoms with Crippen LogP contribution in [0.2, 0.25) is 0 Å². The maximum atomic E-state index is 11.5. The lowest BCUT2D eigenvalue weighted by Crippen LogP contribution is -2.25. The molecule has 0 fully saturated rings. The van der Waals surface area contributed by atoms with Crippen molar-refractivity contribution in [2.24, 2.45) is 0 Å². The summed E-state index contributed by atoms with van der Waals surface area (Å²) < 4.78 is 10.5. The first-order valence-corrected chi connectivity index (χ1v) is 7.35. The van der Waals surface area contributed by atoms with Crippen molar-refractivity contribution in [3.05, 3.63) is 29.3 Å². The number of hydrogen-bond donors (Lipinski definition) is 0. The summed E-state index contributed by atoms with van der Waals surface area (Å²) in [6.07, 6.45) is -0.613. The first-order chi connectivity index (χ1) is 9.45. The lowest BCUT2D eigenvalue weighted by Gasteiger charge is -2.26. The Hall–Kier alpha value is -1.51. The Morgan fingerprint density at radius 2 is 1.38 bits per heavy atom. The summed E-state index contributed by atoms with van der Waals surface area (Å²) in [7, 11) is 1.37. The zero-order valence-corrected chi connectivity index (χ0v) is 14.5. The number of benzene rings is 1. The van der Waals surface area contributed by atoms with Gasteiger partial charge in [0, 0.05) is 0 Å². The smallest absolute Gasteiger partial charge is 0.346 e. The lowest BCUT2D eigenvalue weighted by molar-refractivity contribution is -0.147. The van der Waals surface area contributed by atoms with E-state index in [1.807, 2.05) is 12.1 Å². The van der Waals surface area contributed by atoms with Gasteiger partial charge in [0.1, 0.15) is 5.75 Å². The molecule has 3 heteroatoms. The van der Waals surface area contributed by atoms with Gasteiger partial charge in [-0.15, -0.1) is 0 Å². The van der Waals surface area contributed by atoms with Crippen LogP contribution in [0.5, 0.6) is 5.75 Å². The molecule has 0 aliphatic rings. The molecule has 0 unspecified atom stereocenters. The fourth-order valence-corrected chi connectivity index (χ4v) is 1.95. The van der Waals surface area contributed by atoms with Gasteiger partial charge in [-0.05, 0) is 41.0 Å². The van der Waals surface area contributed by atoms with Gasteiger partial charge in [0.2, 0.25) is 0 Å². The van der Waals surface area contributed by atoms with Gasteiger partial charge in [-0.1, -0.05) is 47.6 Å². The highest BCUT2D eigenvalue weighted by atomic mass is 16.6. The van der Waals surface area contributed by atoms with Crippen molar-refractivity contribution in [3.8, 4) is 5.75 Å². The highest BCUT2D eigenvalue weighted by molar-refractivity contribution is 5.74. The van der Waals surface area contributed by atoms with Gasteiger partial charge >= 0.3 is 5.97 Å². The molecule has 1 rings (SSSR count). The van der Waals surface area contributed by atoms with E-state index in [0.29, 0.717) is 5.75 Å². The van der Waals surface area contributed by atoms with Gasteiger partial charge in [-0.25, -0.2) is 4.79 Å². The molecule has 1 aromatic rings. The summed E-state index contributed by atoms with van der Waals surface area (Å²) in [5.74, 6) is 0.346. The van der Waals surface area contributed by atoms with Crippen molar-refractivity contribution in [3.63, 3.8) is 0 Å². The van der Waals surface area contributed by atoms with Gasteiger partial charge in [0.15, 0.2) is 6.10 Å². The van der Waals surface area contributed by atoms with Crippen LogP contribution in [0, 0.1) is 0 Å². The fourth-order valence-electron chi connectivity index (χ4n) is 1.95. The molecule has 0 aromatic heterocycles. The lowest BCUT2D eigenvalue weighted by atomic mass is 9.80. The largest absolute Gasteiger partial charge is 0.479 e. The van der Waals surface area contributed by atoms with Crippen molar-refractivity contribution in [1.82, 2.24) is 0 Å². The average Bonchev–Trinajstić information content (AvgIpc) is 2.35. The maximum absolute atomic E-state index is 11.5. The van der Waals surface area contributed by atoms with Gasteiger partial charge in [0.05, 0.1) is 7.11 Å². The Kier molecular flexibility index (Phi) is 5.08. The van der Waals surface area contributed by atoms with Crippen LogP contribution in [0.4, 0.5) is 0 Å². The zero-order chi connectivity index (χ0) is 16.4. The number of ether oxygens (including phenoxy) is 2. The van der Waals surface area contributed by atoms with E-state index in [4.69, 9.17) is 9.47 Å². The Morgan fingerprint density at radius 3 is 1.71 bits per heavy atom. The second-order valence-electron chi connectivity index (χ2n) is 7.53. The van der Waals surface area contributed by atoms with Crippen molar-refractivity contribution in [2.75, 3.05) is 7.11 Å². The molecule has 0 saturated heterocycles. The second kappa shape index (κ2) is 6.08. The van der Waals surface area contributed by atoms with Crippen LogP contribution in [0.25, 0.3) is 0 Å². The molecule has 0 N–H and O–H groups in total. The molecule has 0 bridgehead atoms. The minimum Gasteiger partial charge on any atom is -0.479 e. The Labute approximate surface area is 128 Å². The standard InChI is InChI=1S/C18H28O3/c1-12(16(19)20-8)21-15-10-13(17(2,3)4)9-14(11-15)18(5,6)7/h9-12H,1-8H3/t12-/m1/s1. The van der Waals surface area contributed by atoms with Crippen molar-refractivity contribution >= 4 is 5.97 Å². The van der Waals surface area contributed by atoms with E-state index in [9.17, 15) is 4.79 Å². The number of hydrogen-bond acceptors (Lipinski definition) is 3. The Morgan fingerprint density at radius 1 is 0.952 bits per heavy atom. The molecule has 0 amide bonds. The third-order valence-electron chi connectivity index (χ3n) is 3.48. The van der Waals surface area contributed by atoms with Gasteiger partial charge in [-0.2, -0.15) is 0 Å². The molecule has 1 aromatic carbocycles. The van der Waals surface area contributed by atoms with E-state index < -0.39 is 6.10 Å². The minimum atomic E-state index is -0.613. The summed E-state index contributed by atoms with van der Waals surface area (Å²) in [5, 5.41) is 0. The molecule has 0 aliphatic carbocycles. The van der Waals surface area contributed by atoms with Crippen LogP contribution in [-0.2, 0) is 20.4 Å². The summed E-state index contributed by atoms with van der Waals surface area (Å²) in [6.45, 7) is 14.7. The van der Waals surface area contributed by atoms with E-state index in [1.54, 1.807) is 6.92 Å². The molecule has 0 aliphatic heterocycles. The highest BCUT2D eigenvalue weighted by Crippen LogP contribution is 2.33. The van der Waals surface area contributed by atoms with Gasteiger partial charge in [-0.3, -0.25) is 0 Å². The van der Waals surface area contributed by atoms with Crippen LogP contribution in [0.1, 0.15) is 59.6 Å². The van der Waals surface area contributed by atoms with Crippen LogP contribution < -0.4 is 4.74 Å². The molecule has 0 radical (unpaired) electrons. The second-order valence-corrected chi connectivity index (χ2v) is 7.53. The van der Waals surface area contributed by atoms with Crippen LogP contribution >= 0.6 is 0 Å². The van der Waals surface area contributed by atoms with E-state index >= 15 is 0 Å². The molecular formula is C18H28O3. The third kappa shape index (κ3) is 4.76. The van der Waals surface area contributed by atoms with Crippen molar-refractivity contribution in [1.29, 1.82) is 0 Å². The van der Waals surface area contributed by atoms with Gasteiger partial charge < -0.3 is 9.47 Å². The molecule has 1 atom stereocenters. The first-order valence-electron chi connectivity index (χ1n) is 7.35. The molecule has 0 spiro atoms. The summed E-state index contributed by atoms with van der Waals surface area (Å²) >= 11 is 0. The molecule has 0 heterocycles. The fraction of sp³-hybridized carbons (Fsp3) is 0.611. The van der Waals surface area contributed by atoms with Crippen LogP contribution in [-0.4, -0.2) is 19.2 Å². The van der Waals surface area contributed by atoms with Crippen molar-refractivity contribution < 1.29 is 14.3 Å². The third-order valence-corrected chi connectivity index (χ3v) is 3.48. The quantitative estimate of drug-likeness (QED) is 0.782. The van der Waals surface area contributed by atoms with Crippen molar-refractivity contribution in [2.45, 2.75) is 65.4 Å². The predicted molar refractivity (Wildman–Crippen MR) is 85.9 cm³/mol. The van der Waals surface area contributed by atoms with E-state index in [1.165, 1.54) is 18.2 Å². The van der Waals surface area contributed by atoms with E-state index in [-0.39, 0.29) is 16.8 Å². The molecule has 3 nitrogen and oxygen atoms in total. The normalized spacial score (nSPS) is 13.7. The predicted octanol–water partition coefficient (Wildman–Crippen LogP) is 4.22. The first kappa shape index (κ1) is 17.5. The monoisotopic (exact) mass is 292 g/mol. The number of rotatable bonds is 3. The number of esters is 1. The minimum absolute atomic E-state index is 0.0217. The highest BCUT2D eigenvalue weighted by Gasteiger charge is 2.22. The maximum Gasteiger partial charge on any atom is 0.346 e. The summed E-state index contributed by atoms with van der Waals surface area (Å²) in [5.41, 5.74) is 2.44. The van der Waals surface area contributed by atoms with E-state index in [2.05, 4.69) is 47.6 Å². The Bertz CT molecular complexity index is 472. The molecule has 118 valence electrons. The van der Waals surface area contributed by atoms with E-state index in [0.717, 1.165) is 0 Å². The number of methoxy groups -OCH3 is 1. The molecule has 21 heavy (non-hydrogen) atoms. The summed E-state index contributed by atoms with van der Waals surface area (Å²) in [6, 6.07) is 6.24. The zero-order valence-electron chi connectivity index (χ0n) is 14.5.